The topological polar surface area (TPSA) is 54.3 Å². The van der Waals surface area contributed by atoms with Gasteiger partial charge in [-0.15, -0.1) is 0 Å². The maximum Gasteiger partial charge on any atom is 0.267 e. The van der Waals surface area contributed by atoms with Gasteiger partial charge in [0, 0.05) is 25.2 Å². The van der Waals surface area contributed by atoms with Crippen LogP contribution in [0.1, 0.15) is 37.2 Å². The Labute approximate surface area is 113 Å². The van der Waals surface area contributed by atoms with E-state index < -0.39 is 0 Å². The van der Waals surface area contributed by atoms with E-state index in [1.807, 2.05) is 13.8 Å². The first-order valence-corrected chi connectivity index (χ1v) is 6.56. The molecule has 1 aromatic rings. The predicted molar refractivity (Wildman–Crippen MR) is 72.9 cm³/mol. The number of rotatable bonds is 6. The second-order valence-corrected chi connectivity index (χ2v) is 5.14. The highest BCUT2D eigenvalue weighted by Gasteiger charge is 2.26. The molecule has 1 heterocycles. The van der Waals surface area contributed by atoms with Crippen molar-refractivity contribution in [1.29, 1.82) is 0 Å². The van der Waals surface area contributed by atoms with Crippen molar-refractivity contribution < 1.29 is 9.90 Å². The predicted octanol–water partition coefficient (Wildman–Crippen LogP) is 2.21. The van der Waals surface area contributed by atoms with E-state index >= 15 is 0 Å². The highest BCUT2D eigenvalue weighted by molar-refractivity contribution is 6.31. The number of hydrogen-bond donors (Lipinski definition) is 2. The van der Waals surface area contributed by atoms with Gasteiger partial charge in [0.2, 0.25) is 0 Å². The summed E-state index contributed by atoms with van der Waals surface area (Å²) in [5.41, 5.74) is 0.295. The number of nitrogens with one attached hydrogen (secondary N) is 1. The average molecular weight is 273 g/mol. The summed E-state index contributed by atoms with van der Waals surface area (Å²) in [5, 5.41) is 12.9. The molecule has 0 aliphatic carbocycles. The lowest BCUT2D eigenvalue weighted by atomic mass is 9.83. The third kappa shape index (κ3) is 3.27. The van der Waals surface area contributed by atoms with E-state index in [1.165, 1.54) is 0 Å². The summed E-state index contributed by atoms with van der Waals surface area (Å²) < 4.78 is 1.69. The Balaban J connectivity index is 2.69. The van der Waals surface area contributed by atoms with Gasteiger partial charge in [-0.25, -0.2) is 0 Å². The van der Waals surface area contributed by atoms with Crippen LogP contribution in [0.4, 0.5) is 0 Å². The summed E-state index contributed by atoms with van der Waals surface area (Å²) in [4.78, 5) is 12.0. The third-order valence-electron chi connectivity index (χ3n) is 3.66. The largest absolute Gasteiger partial charge is 0.396 e. The molecule has 0 aromatic carbocycles. The van der Waals surface area contributed by atoms with Gasteiger partial charge in [-0.3, -0.25) is 4.79 Å². The quantitative estimate of drug-likeness (QED) is 0.834. The summed E-state index contributed by atoms with van der Waals surface area (Å²) in [6.07, 6.45) is 3.34. The van der Waals surface area contributed by atoms with Crippen molar-refractivity contribution in [2.24, 2.45) is 12.5 Å². The molecule has 4 nitrogen and oxygen atoms in total. The van der Waals surface area contributed by atoms with Crippen LogP contribution in [0, 0.1) is 5.41 Å². The minimum atomic E-state index is -0.232. The van der Waals surface area contributed by atoms with Gasteiger partial charge < -0.3 is 15.0 Å². The van der Waals surface area contributed by atoms with E-state index in [4.69, 9.17) is 11.6 Å². The number of carbonyl (C=O) groups is 1. The van der Waals surface area contributed by atoms with E-state index in [1.54, 1.807) is 23.9 Å². The molecule has 2 N–H and O–H groups in total. The molecule has 0 spiro atoms. The molecule has 102 valence electrons. The zero-order valence-electron chi connectivity index (χ0n) is 11.2. The molecular weight excluding hydrogens is 252 g/mol. The third-order valence-corrected chi connectivity index (χ3v) is 3.87. The smallest absolute Gasteiger partial charge is 0.267 e. The molecule has 5 heteroatoms. The minimum absolute atomic E-state index is 0.0776. The Hall–Kier alpha value is -1.00. The van der Waals surface area contributed by atoms with Gasteiger partial charge in [-0.2, -0.15) is 0 Å². The Morgan fingerprint density at radius 1 is 1.50 bits per heavy atom. The number of aromatic nitrogens is 1. The lowest BCUT2D eigenvalue weighted by molar-refractivity contribution is 0.0844. The van der Waals surface area contributed by atoms with Crippen LogP contribution in [-0.2, 0) is 7.05 Å². The van der Waals surface area contributed by atoms with Crippen LogP contribution >= 0.6 is 11.6 Å². The number of amides is 1. The maximum atomic E-state index is 12.0. The van der Waals surface area contributed by atoms with Crippen LogP contribution in [0.25, 0.3) is 0 Å². The summed E-state index contributed by atoms with van der Waals surface area (Å²) in [5.74, 6) is -0.163. The molecule has 0 aliphatic heterocycles. The Morgan fingerprint density at radius 3 is 2.50 bits per heavy atom. The molecule has 1 rings (SSSR count). The van der Waals surface area contributed by atoms with Crippen LogP contribution in [-0.4, -0.2) is 28.7 Å². The molecule has 0 unspecified atom stereocenters. The number of carbonyl (C=O) groups excluding carboxylic acids is 1. The molecule has 0 bridgehead atoms. The van der Waals surface area contributed by atoms with Gasteiger partial charge in [-0.1, -0.05) is 25.4 Å². The van der Waals surface area contributed by atoms with Crippen LogP contribution in [0.5, 0.6) is 0 Å². The van der Waals surface area contributed by atoms with Gasteiger partial charge in [-0.05, 0) is 18.9 Å². The number of hydrogen-bond acceptors (Lipinski definition) is 2. The fraction of sp³-hybridized carbons (Fsp3) is 0.615. The van der Waals surface area contributed by atoms with Gasteiger partial charge in [0.25, 0.3) is 5.91 Å². The second-order valence-electron chi connectivity index (χ2n) is 4.70. The number of halogens is 1. The van der Waals surface area contributed by atoms with Gasteiger partial charge >= 0.3 is 0 Å². The van der Waals surface area contributed by atoms with Crippen LogP contribution in [0.3, 0.4) is 0 Å². The van der Waals surface area contributed by atoms with E-state index in [0.717, 1.165) is 12.8 Å². The monoisotopic (exact) mass is 272 g/mol. The van der Waals surface area contributed by atoms with Crippen LogP contribution < -0.4 is 5.32 Å². The lowest BCUT2D eigenvalue weighted by Crippen LogP contribution is -2.39. The SMILES string of the molecule is CCC(CC)(CO)CNC(=O)c1cc(Cl)cn1C. The Morgan fingerprint density at radius 2 is 2.11 bits per heavy atom. The number of aliphatic hydroxyl groups excluding tert-OH is 1. The molecule has 1 aromatic heterocycles. The van der Waals surface area contributed by atoms with Crippen molar-refractivity contribution in [1.82, 2.24) is 9.88 Å². The summed E-state index contributed by atoms with van der Waals surface area (Å²) in [7, 11) is 1.78. The molecule has 1 amide bonds. The first-order valence-electron chi connectivity index (χ1n) is 6.19. The van der Waals surface area contributed by atoms with E-state index in [0.29, 0.717) is 17.3 Å². The summed E-state index contributed by atoms with van der Waals surface area (Å²) in [6.45, 7) is 4.59. The minimum Gasteiger partial charge on any atom is -0.396 e. The molecule has 0 fully saturated rings. The Bertz CT molecular complexity index is 403. The van der Waals surface area contributed by atoms with Crippen LogP contribution in [0.15, 0.2) is 12.3 Å². The first kappa shape index (κ1) is 15.1. The fourth-order valence-corrected chi connectivity index (χ4v) is 2.14. The van der Waals surface area contributed by atoms with Gasteiger partial charge in [0.1, 0.15) is 5.69 Å². The van der Waals surface area contributed by atoms with E-state index in [-0.39, 0.29) is 17.9 Å². The van der Waals surface area contributed by atoms with Crippen molar-refractivity contribution in [3.8, 4) is 0 Å². The fourth-order valence-electron chi connectivity index (χ4n) is 1.89. The second kappa shape index (κ2) is 6.25. The molecule has 0 atom stereocenters. The molecule has 0 radical (unpaired) electrons. The summed E-state index contributed by atoms with van der Waals surface area (Å²) >= 11 is 5.84. The van der Waals surface area contributed by atoms with Crippen LogP contribution in [0.2, 0.25) is 5.02 Å². The van der Waals surface area contributed by atoms with Crippen molar-refractivity contribution >= 4 is 17.5 Å². The van der Waals surface area contributed by atoms with Crippen molar-refractivity contribution in [3.63, 3.8) is 0 Å². The van der Waals surface area contributed by atoms with E-state index in [9.17, 15) is 9.90 Å². The first-order chi connectivity index (χ1) is 8.48. The lowest BCUT2D eigenvalue weighted by Gasteiger charge is -2.29. The zero-order chi connectivity index (χ0) is 13.8. The highest BCUT2D eigenvalue weighted by Crippen LogP contribution is 2.24. The zero-order valence-corrected chi connectivity index (χ0v) is 11.9. The molecular formula is C13H21ClN2O2. The van der Waals surface area contributed by atoms with Gasteiger partial charge in [0.05, 0.1) is 11.6 Å². The van der Waals surface area contributed by atoms with Gasteiger partial charge in [0.15, 0.2) is 0 Å². The highest BCUT2D eigenvalue weighted by atomic mass is 35.5. The van der Waals surface area contributed by atoms with Crippen molar-refractivity contribution in [3.05, 3.63) is 23.0 Å². The normalized spacial score (nSPS) is 11.6. The number of nitrogens with zero attached hydrogens (tertiary/aromatic N) is 1. The number of aliphatic hydroxyl groups is 1. The molecule has 0 saturated carbocycles. The van der Waals surface area contributed by atoms with E-state index in [2.05, 4.69) is 5.32 Å². The Kier molecular flexibility index (Phi) is 5.23. The maximum absolute atomic E-state index is 12.0. The summed E-state index contributed by atoms with van der Waals surface area (Å²) in [6, 6.07) is 1.63. The standard InChI is InChI=1S/C13H21ClN2O2/c1-4-13(5-2,9-17)8-15-12(18)11-6-10(14)7-16(11)3/h6-7,17H,4-5,8-9H2,1-3H3,(H,15,18). The van der Waals surface area contributed by atoms with Crippen molar-refractivity contribution in [2.45, 2.75) is 26.7 Å². The number of aryl methyl sites for hydroxylation is 1. The van der Waals surface area contributed by atoms with Crippen molar-refractivity contribution in [2.75, 3.05) is 13.2 Å². The molecule has 0 aliphatic rings. The average Bonchev–Trinajstić information content (AvgIpc) is 2.70. The molecule has 0 saturated heterocycles. The molecule has 18 heavy (non-hydrogen) atoms.